The van der Waals surface area contributed by atoms with Crippen LogP contribution in [0.2, 0.25) is 0 Å². The summed E-state index contributed by atoms with van der Waals surface area (Å²) in [5.74, 6) is 1.28. The first-order chi connectivity index (χ1) is 16.9. The average Bonchev–Trinajstić information content (AvgIpc) is 2.87. The van der Waals surface area contributed by atoms with E-state index in [9.17, 15) is 9.59 Å². The molecule has 0 aliphatic carbocycles. The summed E-state index contributed by atoms with van der Waals surface area (Å²) in [4.78, 5) is 31.8. The molecule has 35 heavy (non-hydrogen) atoms. The minimum Gasteiger partial charge on any atom is -0.493 e. The normalized spacial score (nSPS) is 14.0. The Labute approximate surface area is 218 Å². The predicted molar refractivity (Wildman–Crippen MR) is 140 cm³/mol. The molecule has 0 saturated carbocycles. The third-order valence-corrected chi connectivity index (χ3v) is 6.55. The van der Waals surface area contributed by atoms with Crippen molar-refractivity contribution in [1.29, 1.82) is 0 Å². The van der Waals surface area contributed by atoms with Gasteiger partial charge in [0.1, 0.15) is 5.82 Å². The maximum Gasteiger partial charge on any atom is 0.282 e. The van der Waals surface area contributed by atoms with Crippen LogP contribution in [-0.2, 0) is 16.0 Å². The lowest BCUT2D eigenvalue weighted by atomic mass is 10.2. The number of rotatable bonds is 7. The first-order valence-corrected chi connectivity index (χ1v) is 12.6. The van der Waals surface area contributed by atoms with E-state index >= 15 is 0 Å². The van der Waals surface area contributed by atoms with E-state index in [2.05, 4.69) is 41.9 Å². The molecule has 9 nitrogen and oxygen atoms in total. The molecule has 1 saturated heterocycles. The highest BCUT2D eigenvalue weighted by molar-refractivity contribution is 9.10. The van der Waals surface area contributed by atoms with Crippen LogP contribution in [0.3, 0.4) is 0 Å². The van der Waals surface area contributed by atoms with Gasteiger partial charge < -0.3 is 19.1 Å². The van der Waals surface area contributed by atoms with Gasteiger partial charge in [-0.15, -0.1) is 0 Å². The second-order valence-corrected chi connectivity index (χ2v) is 9.49. The number of amides is 1. The van der Waals surface area contributed by atoms with Gasteiger partial charge in [0.25, 0.3) is 11.5 Å². The van der Waals surface area contributed by atoms with Gasteiger partial charge in [-0.3, -0.25) is 9.59 Å². The molecule has 184 valence electrons. The Hall–Kier alpha value is -2.76. The van der Waals surface area contributed by atoms with E-state index in [4.69, 9.17) is 14.2 Å². The summed E-state index contributed by atoms with van der Waals surface area (Å²) in [5.41, 5.74) is 1.04. The molecule has 1 amide bonds. The minimum absolute atomic E-state index is 0.115. The Morgan fingerprint density at radius 1 is 1.23 bits per heavy atom. The Balaban J connectivity index is 1.59. The number of aromatic nitrogens is 2. The van der Waals surface area contributed by atoms with Crippen LogP contribution in [0.15, 0.2) is 49.2 Å². The summed E-state index contributed by atoms with van der Waals surface area (Å²) in [6.45, 7) is 3.96. The van der Waals surface area contributed by atoms with Gasteiger partial charge >= 0.3 is 0 Å². The number of methoxy groups -OCH3 is 1. The fourth-order valence-electron chi connectivity index (χ4n) is 3.66. The van der Waals surface area contributed by atoms with Crippen molar-refractivity contribution in [1.82, 2.24) is 14.6 Å². The van der Waals surface area contributed by atoms with Crippen LogP contribution in [0.5, 0.6) is 11.5 Å². The van der Waals surface area contributed by atoms with E-state index in [1.165, 1.54) is 11.8 Å². The molecule has 3 aromatic rings. The Morgan fingerprint density at radius 3 is 2.71 bits per heavy atom. The quantitative estimate of drug-likeness (QED) is 0.381. The smallest absolute Gasteiger partial charge is 0.282 e. The van der Waals surface area contributed by atoms with E-state index in [-0.39, 0.29) is 18.1 Å². The number of hydrogen-bond donors (Lipinski definition) is 0. The first kappa shape index (κ1) is 25.3. The zero-order valence-electron chi connectivity index (χ0n) is 19.3. The van der Waals surface area contributed by atoms with E-state index in [0.29, 0.717) is 71.0 Å². The van der Waals surface area contributed by atoms with Crippen LogP contribution in [0, 0.1) is 0 Å². The SMILES string of the molecule is CCc1nc2ccc(Br)cc2c(=O)n1N=Cc1cc(Br)c(OCC(=O)N2CCOCC2)c(OC)c1. The van der Waals surface area contributed by atoms with Crippen LogP contribution >= 0.6 is 31.9 Å². The zero-order valence-corrected chi connectivity index (χ0v) is 22.5. The number of hydrogen-bond acceptors (Lipinski definition) is 7. The van der Waals surface area contributed by atoms with Gasteiger partial charge in [-0.2, -0.15) is 9.78 Å². The second-order valence-electron chi connectivity index (χ2n) is 7.72. The number of morpholine rings is 1. The summed E-state index contributed by atoms with van der Waals surface area (Å²) < 4.78 is 19.3. The van der Waals surface area contributed by atoms with Crippen LogP contribution in [0.25, 0.3) is 10.9 Å². The maximum atomic E-state index is 13.1. The molecule has 1 aliphatic heterocycles. The van der Waals surface area contributed by atoms with Crippen LogP contribution in [0.1, 0.15) is 18.3 Å². The molecule has 0 N–H and O–H groups in total. The molecule has 0 unspecified atom stereocenters. The highest BCUT2D eigenvalue weighted by atomic mass is 79.9. The van der Waals surface area contributed by atoms with Crippen molar-refractivity contribution in [2.24, 2.45) is 5.10 Å². The number of fused-ring (bicyclic) bond motifs is 1. The zero-order chi connectivity index (χ0) is 24.9. The van der Waals surface area contributed by atoms with Gasteiger partial charge in [0.05, 0.1) is 41.9 Å². The number of halogens is 2. The molecule has 0 spiro atoms. The van der Waals surface area contributed by atoms with Crippen molar-refractivity contribution < 1.29 is 19.0 Å². The van der Waals surface area contributed by atoms with E-state index in [0.717, 1.165) is 4.47 Å². The number of carbonyl (C=O) groups is 1. The van der Waals surface area contributed by atoms with Gasteiger partial charge in [-0.1, -0.05) is 22.9 Å². The molecule has 11 heteroatoms. The topological polar surface area (TPSA) is 95.3 Å². The molecular weight excluding hydrogens is 584 g/mol. The molecule has 4 rings (SSSR count). The van der Waals surface area contributed by atoms with E-state index < -0.39 is 0 Å². The second kappa shape index (κ2) is 11.3. The van der Waals surface area contributed by atoms with Crippen LogP contribution in [0.4, 0.5) is 0 Å². The highest BCUT2D eigenvalue weighted by Crippen LogP contribution is 2.36. The van der Waals surface area contributed by atoms with E-state index in [1.807, 2.05) is 13.0 Å². The lowest BCUT2D eigenvalue weighted by Crippen LogP contribution is -2.43. The summed E-state index contributed by atoms with van der Waals surface area (Å²) in [6.07, 6.45) is 2.09. The third kappa shape index (κ3) is 5.74. The number of carbonyl (C=O) groups excluding carboxylic acids is 1. The fourth-order valence-corrected chi connectivity index (χ4v) is 4.59. The Kier molecular flexibility index (Phi) is 8.19. The molecule has 1 aliphatic rings. The first-order valence-electron chi connectivity index (χ1n) is 11.0. The van der Waals surface area contributed by atoms with Crippen molar-refractivity contribution in [2.75, 3.05) is 40.0 Å². The van der Waals surface area contributed by atoms with Crippen LogP contribution in [-0.4, -0.2) is 66.7 Å². The maximum absolute atomic E-state index is 13.1. The predicted octanol–water partition coefficient (Wildman–Crippen LogP) is 3.61. The standard InChI is InChI=1S/C24H24Br2N4O5/c1-3-21-28-19-5-4-16(25)12-17(19)24(32)30(21)27-13-15-10-18(26)23(20(11-15)33-2)35-14-22(31)29-6-8-34-9-7-29/h4-5,10-13H,3,6-9,14H2,1-2H3. The van der Waals surface area contributed by atoms with Gasteiger partial charge in [0.15, 0.2) is 18.1 Å². The molecule has 0 bridgehead atoms. The van der Waals surface area contributed by atoms with Crippen LogP contribution < -0.4 is 15.0 Å². The lowest BCUT2D eigenvalue weighted by molar-refractivity contribution is -0.137. The Morgan fingerprint density at radius 2 is 2.00 bits per heavy atom. The molecule has 2 heterocycles. The molecule has 2 aromatic carbocycles. The Bertz CT molecular complexity index is 1340. The largest absolute Gasteiger partial charge is 0.493 e. The van der Waals surface area contributed by atoms with Gasteiger partial charge in [-0.25, -0.2) is 4.98 Å². The summed E-state index contributed by atoms with van der Waals surface area (Å²) >= 11 is 6.90. The molecular formula is C24H24Br2N4O5. The molecule has 0 radical (unpaired) electrons. The third-order valence-electron chi connectivity index (χ3n) is 5.47. The number of benzene rings is 2. The summed E-state index contributed by atoms with van der Waals surface area (Å²) in [5, 5.41) is 4.89. The number of aryl methyl sites for hydroxylation is 1. The fraction of sp³-hybridized carbons (Fsp3) is 0.333. The summed E-state index contributed by atoms with van der Waals surface area (Å²) in [7, 11) is 1.52. The van der Waals surface area contributed by atoms with Gasteiger partial charge in [0, 0.05) is 24.0 Å². The molecule has 0 atom stereocenters. The summed E-state index contributed by atoms with van der Waals surface area (Å²) in [6, 6.07) is 8.90. The van der Waals surface area contributed by atoms with Gasteiger partial charge in [-0.05, 0) is 51.8 Å². The minimum atomic E-state index is -0.253. The lowest BCUT2D eigenvalue weighted by Gasteiger charge is -2.26. The van der Waals surface area contributed by atoms with E-state index in [1.54, 1.807) is 35.4 Å². The van der Waals surface area contributed by atoms with Crippen molar-refractivity contribution in [3.05, 3.63) is 61.0 Å². The average molecular weight is 608 g/mol. The molecule has 1 aromatic heterocycles. The monoisotopic (exact) mass is 606 g/mol. The molecule has 1 fully saturated rings. The van der Waals surface area contributed by atoms with Crippen molar-refractivity contribution in [3.8, 4) is 11.5 Å². The van der Waals surface area contributed by atoms with Crippen molar-refractivity contribution in [3.63, 3.8) is 0 Å². The van der Waals surface area contributed by atoms with Gasteiger partial charge in [0.2, 0.25) is 0 Å². The van der Waals surface area contributed by atoms with Crippen molar-refractivity contribution in [2.45, 2.75) is 13.3 Å². The van der Waals surface area contributed by atoms with Crippen molar-refractivity contribution >= 4 is 54.9 Å². The number of nitrogens with zero attached hydrogens (tertiary/aromatic N) is 4. The number of ether oxygens (including phenoxy) is 3. The highest BCUT2D eigenvalue weighted by Gasteiger charge is 2.19.